The van der Waals surface area contributed by atoms with Crippen LogP contribution in [0.25, 0.3) is 4.85 Å². The highest BCUT2D eigenvalue weighted by atomic mass is 16.7. The smallest absolute Gasteiger partial charge is 0.457 e. The number of hydrogen-bond acceptors (Lipinski definition) is 5. The summed E-state index contributed by atoms with van der Waals surface area (Å²) in [6.45, 7) is 7.50. The first-order chi connectivity index (χ1) is 12.2. The topological polar surface area (TPSA) is 50.5 Å². The zero-order valence-corrected chi connectivity index (χ0v) is 14.5. The highest BCUT2D eigenvalue weighted by Gasteiger charge is 2.22. The molecule has 0 unspecified atom stereocenters. The van der Waals surface area contributed by atoms with E-state index in [1.165, 1.54) is 0 Å². The van der Waals surface area contributed by atoms with Crippen LogP contribution >= 0.6 is 0 Å². The first kappa shape index (κ1) is 19.0. The Morgan fingerprint density at radius 1 is 0.960 bits per heavy atom. The van der Waals surface area contributed by atoms with Gasteiger partial charge in [-0.15, -0.1) is 0 Å². The number of nitrogens with zero attached hydrogens (tertiary/aromatic N) is 1. The van der Waals surface area contributed by atoms with Crippen LogP contribution in [-0.4, -0.2) is 35.2 Å². The third-order valence-electron chi connectivity index (χ3n) is 3.46. The fourth-order valence-electron chi connectivity index (χ4n) is 2.31. The average molecular weight is 341 g/mol. The van der Waals surface area contributed by atoms with Crippen molar-refractivity contribution in [1.29, 1.82) is 0 Å². The Bertz CT molecular complexity index is 710. The molecule has 0 aliphatic heterocycles. The van der Waals surface area contributed by atoms with Gasteiger partial charge in [0, 0.05) is 21.3 Å². The number of benzene rings is 2. The van der Waals surface area contributed by atoms with E-state index in [0.29, 0.717) is 23.8 Å². The highest BCUT2D eigenvalue weighted by molar-refractivity contribution is 6.61. The molecule has 0 N–H and O–H groups in total. The van der Waals surface area contributed by atoms with Crippen LogP contribution in [0.5, 0.6) is 11.5 Å². The minimum absolute atomic E-state index is 0.188. The van der Waals surface area contributed by atoms with Gasteiger partial charge in [0.25, 0.3) is 0 Å². The summed E-state index contributed by atoms with van der Waals surface area (Å²) in [4.78, 5) is 3.36. The predicted octanol–water partition coefficient (Wildman–Crippen LogP) is 3.14. The van der Waals surface area contributed by atoms with Crippen LogP contribution in [-0.2, 0) is 25.4 Å². The molecule has 2 rings (SSSR count). The van der Waals surface area contributed by atoms with Crippen LogP contribution in [0.1, 0.15) is 5.56 Å². The Balaban J connectivity index is 2.23. The predicted molar refractivity (Wildman–Crippen MR) is 95.3 cm³/mol. The highest BCUT2D eigenvalue weighted by Crippen LogP contribution is 2.24. The molecular formula is C18H20BNO5. The van der Waals surface area contributed by atoms with Gasteiger partial charge in [-0.05, 0) is 35.3 Å². The van der Waals surface area contributed by atoms with Crippen molar-refractivity contribution in [3.8, 4) is 11.5 Å². The van der Waals surface area contributed by atoms with Crippen molar-refractivity contribution in [2.45, 2.75) is 6.61 Å². The van der Waals surface area contributed by atoms with Gasteiger partial charge in [-0.3, -0.25) is 0 Å². The summed E-state index contributed by atoms with van der Waals surface area (Å²) in [6.07, 6.45) is 0. The summed E-state index contributed by atoms with van der Waals surface area (Å²) in [7, 11) is 4.24. The molecule has 0 aliphatic carbocycles. The fourth-order valence-corrected chi connectivity index (χ4v) is 2.31. The van der Waals surface area contributed by atoms with Crippen molar-refractivity contribution in [1.82, 2.24) is 0 Å². The van der Waals surface area contributed by atoms with Crippen molar-refractivity contribution in [2.75, 3.05) is 28.1 Å². The second kappa shape index (κ2) is 9.82. The minimum Gasteiger partial charge on any atom is -0.457 e. The van der Waals surface area contributed by atoms with Crippen molar-refractivity contribution in [3.05, 3.63) is 59.4 Å². The molecule has 0 saturated heterocycles. The molecule has 0 aromatic heterocycles. The van der Waals surface area contributed by atoms with Gasteiger partial charge < -0.3 is 23.5 Å². The van der Waals surface area contributed by atoms with E-state index in [1.54, 1.807) is 45.6 Å². The average Bonchev–Trinajstić information content (AvgIpc) is 2.65. The molecule has 2 aromatic carbocycles. The molecule has 25 heavy (non-hydrogen) atoms. The first-order valence-electron chi connectivity index (χ1n) is 7.62. The Labute approximate surface area is 148 Å². The van der Waals surface area contributed by atoms with E-state index < -0.39 is 7.12 Å². The van der Waals surface area contributed by atoms with Crippen molar-refractivity contribution in [3.63, 3.8) is 0 Å². The molecule has 0 heterocycles. The summed E-state index contributed by atoms with van der Waals surface area (Å²) in [5.41, 5.74) is 2.30. The first-order valence-corrected chi connectivity index (χ1v) is 7.62. The largest absolute Gasteiger partial charge is 0.493 e. The Morgan fingerprint density at radius 3 is 2.24 bits per heavy atom. The van der Waals surface area contributed by atoms with E-state index in [-0.39, 0.29) is 6.79 Å². The SMILES string of the molecule is [C-]#[N+]c1ccc(Oc2ccc(B(OC)OC)c(COCOC)c2)cc1. The third kappa shape index (κ3) is 5.31. The van der Waals surface area contributed by atoms with Gasteiger partial charge in [0.1, 0.15) is 18.3 Å². The fraction of sp³-hybridized carbons (Fsp3) is 0.278. The van der Waals surface area contributed by atoms with E-state index in [1.807, 2.05) is 18.2 Å². The second-order valence-electron chi connectivity index (χ2n) is 5.13. The molecule has 0 bridgehead atoms. The lowest BCUT2D eigenvalue weighted by atomic mass is 9.76. The maximum Gasteiger partial charge on any atom is 0.493 e. The van der Waals surface area contributed by atoms with Crippen molar-refractivity contribution in [2.24, 2.45) is 0 Å². The Kier molecular flexibility index (Phi) is 7.45. The van der Waals surface area contributed by atoms with Crippen LogP contribution in [0.3, 0.4) is 0 Å². The maximum absolute atomic E-state index is 6.98. The van der Waals surface area contributed by atoms with Gasteiger partial charge in [0.05, 0.1) is 13.2 Å². The van der Waals surface area contributed by atoms with E-state index in [4.69, 9.17) is 30.1 Å². The Morgan fingerprint density at radius 2 is 1.64 bits per heavy atom. The van der Waals surface area contributed by atoms with Gasteiger partial charge in [-0.1, -0.05) is 18.2 Å². The van der Waals surface area contributed by atoms with E-state index in [2.05, 4.69) is 4.85 Å². The summed E-state index contributed by atoms with van der Waals surface area (Å²) in [5.74, 6) is 1.31. The lowest BCUT2D eigenvalue weighted by Gasteiger charge is -2.16. The van der Waals surface area contributed by atoms with Crippen LogP contribution in [0, 0.1) is 6.57 Å². The quantitative estimate of drug-likeness (QED) is 0.304. The summed E-state index contributed by atoms with van der Waals surface area (Å²) < 4.78 is 26.9. The van der Waals surface area contributed by atoms with Crippen LogP contribution in [0.2, 0.25) is 0 Å². The summed E-state index contributed by atoms with van der Waals surface area (Å²) in [6, 6.07) is 12.5. The van der Waals surface area contributed by atoms with Gasteiger partial charge in [0.15, 0.2) is 5.69 Å². The molecule has 0 radical (unpaired) electrons. The molecule has 2 aromatic rings. The molecule has 0 atom stereocenters. The van der Waals surface area contributed by atoms with Crippen LogP contribution < -0.4 is 10.2 Å². The van der Waals surface area contributed by atoms with Crippen molar-refractivity contribution < 1.29 is 23.5 Å². The number of hydrogen-bond donors (Lipinski definition) is 0. The molecule has 0 amide bonds. The number of methoxy groups -OCH3 is 1. The van der Waals surface area contributed by atoms with Gasteiger partial charge in [-0.25, -0.2) is 4.85 Å². The standard InChI is InChI=1S/C18H20BNO5/c1-20-15-5-7-16(8-6-15)25-17-9-10-18(19(22-3)23-4)14(11-17)12-24-13-21-2/h5-11H,12-13H2,2-4H3. The molecule has 0 aliphatic rings. The Hall–Kier alpha value is -2.37. The summed E-state index contributed by atoms with van der Waals surface area (Å²) in [5, 5.41) is 0. The van der Waals surface area contributed by atoms with E-state index >= 15 is 0 Å². The molecule has 0 spiro atoms. The summed E-state index contributed by atoms with van der Waals surface area (Å²) >= 11 is 0. The number of rotatable bonds is 9. The molecule has 6 nitrogen and oxygen atoms in total. The number of ether oxygens (including phenoxy) is 3. The van der Waals surface area contributed by atoms with Gasteiger partial charge in [-0.2, -0.15) is 0 Å². The molecular weight excluding hydrogens is 321 g/mol. The van der Waals surface area contributed by atoms with E-state index in [9.17, 15) is 0 Å². The monoisotopic (exact) mass is 341 g/mol. The third-order valence-corrected chi connectivity index (χ3v) is 3.46. The second-order valence-corrected chi connectivity index (χ2v) is 5.13. The molecule has 7 heteroatoms. The molecule has 0 fully saturated rings. The van der Waals surface area contributed by atoms with Crippen LogP contribution in [0.15, 0.2) is 42.5 Å². The minimum atomic E-state index is -0.492. The lowest BCUT2D eigenvalue weighted by Crippen LogP contribution is -2.37. The zero-order chi connectivity index (χ0) is 18.1. The van der Waals surface area contributed by atoms with Gasteiger partial charge in [0.2, 0.25) is 0 Å². The zero-order valence-electron chi connectivity index (χ0n) is 14.5. The maximum atomic E-state index is 6.98. The van der Waals surface area contributed by atoms with E-state index in [0.717, 1.165) is 11.0 Å². The molecule has 0 saturated carbocycles. The van der Waals surface area contributed by atoms with Crippen LogP contribution in [0.4, 0.5) is 5.69 Å². The molecule has 130 valence electrons. The van der Waals surface area contributed by atoms with Crippen molar-refractivity contribution >= 4 is 18.3 Å². The normalized spacial score (nSPS) is 10.3. The van der Waals surface area contributed by atoms with Gasteiger partial charge >= 0.3 is 7.12 Å². The lowest BCUT2D eigenvalue weighted by molar-refractivity contribution is -0.0389.